The van der Waals surface area contributed by atoms with Gasteiger partial charge in [0.1, 0.15) is 11.8 Å². The van der Waals surface area contributed by atoms with Crippen LogP contribution >= 0.6 is 34.7 Å². The number of thiazole rings is 1. The van der Waals surface area contributed by atoms with Crippen LogP contribution in [0.2, 0.25) is 5.02 Å². The number of ether oxygens (including phenoxy) is 2. The summed E-state index contributed by atoms with van der Waals surface area (Å²) >= 11 is 8.32. The molecule has 0 N–H and O–H groups in total. The van der Waals surface area contributed by atoms with E-state index in [0.29, 0.717) is 52.5 Å². The van der Waals surface area contributed by atoms with Gasteiger partial charge in [-0.25, -0.2) is 9.69 Å². The van der Waals surface area contributed by atoms with Gasteiger partial charge in [0.05, 0.1) is 42.0 Å². The molecule has 3 aliphatic rings. The normalized spacial score (nSPS) is 21.7. The predicted octanol–water partition coefficient (Wildman–Crippen LogP) is 3.39. The van der Waals surface area contributed by atoms with Gasteiger partial charge in [-0.2, -0.15) is 0 Å². The standard InChI is InChI=1S/C29H26ClN3O7S2/c1-2-40-28(37)17-5-9-19(10-6-17)33-25(35)22-21(16-3-7-18(30)8-4-16)24-27(41-23(22)26(33)36)32(29(38)42-24)15-20(34)31-11-13-39-14-12-31/h3-10,21-23H,2,11-15H2,1H3/t21-,22?,23?/m0/s1. The van der Waals surface area contributed by atoms with Gasteiger partial charge in [0.2, 0.25) is 17.7 Å². The Kier molecular flexibility index (Phi) is 7.97. The summed E-state index contributed by atoms with van der Waals surface area (Å²) in [4.78, 5) is 69.6. The molecule has 0 aliphatic carbocycles. The zero-order chi connectivity index (χ0) is 29.5. The van der Waals surface area contributed by atoms with Crippen molar-refractivity contribution in [3.63, 3.8) is 0 Å². The highest BCUT2D eigenvalue weighted by Gasteiger charge is 2.56. The average molecular weight is 628 g/mol. The lowest BCUT2D eigenvalue weighted by atomic mass is 9.83. The number of benzene rings is 2. The summed E-state index contributed by atoms with van der Waals surface area (Å²) in [5.41, 5.74) is 1.39. The van der Waals surface area contributed by atoms with Crippen molar-refractivity contribution < 1.29 is 28.7 Å². The summed E-state index contributed by atoms with van der Waals surface area (Å²) in [5, 5.41) is 0.210. The Morgan fingerprint density at radius 3 is 2.36 bits per heavy atom. The number of rotatable bonds is 6. The van der Waals surface area contributed by atoms with E-state index in [4.69, 9.17) is 21.1 Å². The molecular weight excluding hydrogens is 602 g/mol. The first kappa shape index (κ1) is 28.7. The van der Waals surface area contributed by atoms with Gasteiger partial charge in [-0.3, -0.25) is 23.7 Å². The van der Waals surface area contributed by atoms with E-state index in [9.17, 15) is 24.0 Å². The minimum atomic E-state index is -0.825. The number of nitrogens with zero attached hydrogens (tertiary/aromatic N) is 3. The van der Waals surface area contributed by atoms with Crippen molar-refractivity contribution in [2.24, 2.45) is 5.92 Å². The summed E-state index contributed by atoms with van der Waals surface area (Å²) in [7, 11) is 0. The summed E-state index contributed by atoms with van der Waals surface area (Å²) in [6.45, 7) is 3.54. The fraction of sp³-hybridized carbons (Fsp3) is 0.345. The first-order valence-corrected chi connectivity index (χ1v) is 15.5. The Labute approximate surface area is 254 Å². The van der Waals surface area contributed by atoms with Gasteiger partial charge < -0.3 is 14.4 Å². The van der Waals surface area contributed by atoms with E-state index in [1.165, 1.54) is 16.7 Å². The number of carbonyl (C=O) groups is 4. The molecule has 2 saturated heterocycles. The van der Waals surface area contributed by atoms with Gasteiger partial charge >= 0.3 is 10.8 Å². The molecule has 6 rings (SSSR count). The van der Waals surface area contributed by atoms with Crippen LogP contribution in [0.1, 0.15) is 33.6 Å². The third-order valence-electron chi connectivity index (χ3n) is 7.57. The van der Waals surface area contributed by atoms with Crippen LogP contribution in [0.25, 0.3) is 0 Å². The highest BCUT2D eigenvalue weighted by atomic mass is 35.5. The highest BCUT2D eigenvalue weighted by molar-refractivity contribution is 8.00. The maximum atomic E-state index is 14.0. The second kappa shape index (κ2) is 11.7. The molecule has 0 radical (unpaired) electrons. The van der Waals surface area contributed by atoms with E-state index in [2.05, 4.69) is 0 Å². The highest BCUT2D eigenvalue weighted by Crippen LogP contribution is 2.54. The second-order valence-electron chi connectivity index (χ2n) is 9.99. The van der Waals surface area contributed by atoms with Gasteiger partial charge in [0.25, 0.3) is 0 Å². The first-order chi connectivity index (χ1) is 20.3. The number of hydrogen-bond acceptors (Lipinski definition) is 9. The number of aromatic nitrogens is 1. The maximum Gasteiger partial charge on any atom is 0.338 e. The van der Waals surface area contributed by atoms with Crippen LogP contribution < -0.4 is 9.77 Å². The number of esters is 1. The van der Waals surface area contributed by atoms with Crippen molar-refractivity contribution in [3.05, 3.63) is 79.2 Å². The van der Waals surface area contributed by atoms with E-state index in [1.807, 2.05) is 0 Å². The Morgan fingerprint density at radius 1 is 1.00 bits per heavy atom. The number of halogens is 1. The minimum Gasteiger partial charge on any atom is -0.462 e. The molecule has 2 aromatic carbocycles. The fourth-order valence-electron chi connectivity index (χ4n) is 5.55. The van der Waals surface area contributed by atoms with E-state index >= 15 is 0 Å². The molecule has 10 nitrogen and oxygen atoms in total. The van der Waals surface area contributed by atoms with Crippen LogP contribution in [0, 0.1) is 5.92 Å². The number of morpholine rings is 1. The predicted molar refractivity (Wildman–Crippen MR) is 157 cm³/mol. The van der Waals surface area contributed by atoms with Gasteiger partial charge in [-0.15, -0.1) is 0 Å². The number of fused-ring (bicyclic) bond motifs is 2. The Hall–Kier alpha value is -3.45. The molecule has 2 fully saturated rings. The lowest BCUT2D eigenvalue weighted by molar-refractivity contribution is -0.136. The summed E-state index contributed by atoms with van der Waals surface area (Å²) in [5.74, 6) is -2.91. The molecule has 3 aromatic rings. The van der Waals surface area contributed by atoms with Gasteiger partial charge in [0, 0.05) is 28.9 Å². The molecule has 2 unspecified atom stereocenters. The second-order valence-corrected chi connectivity index (χ2v) is 12.5. The number of carbonyl (C=O) groups excluding carboxylic acids is 4. The number of hydrogen-bond donors (Lipinski definition) is 0. The molecule has 218 valence electrons. The Bertz CT molecular complexity index is 1610. The summed E-state index contributed by atoms with van der Waals surface area (Å²) < 4.78 is 11.8. The smallest absolute Gasteiger partial charge is 0.338 e. The number of thioether (sulfide) groups is 1. The van der Waals surface area contributed by atoms with Crippen molar-refractivity contribution in [2.45, 2.75) is 29.7 Å². The zero-order valence-corrected chi connectivity index (χ0v) is 24.9. The Morgan fingerprint density at radius 2 is 1.69 bits per heavy atom. The molecule has 0 saturated carbocycles. The zero-order valence-electron chi connectivity index (χ0n) is 22.5. The minimum absolute atomic E-state index is 0.163. The SMILES string of the molecule is CCOC(=O)c1ccc(N2C(=O)C3Sc4c(sc(=O)n4CC(=O)N4CCOCC4)[C@@H](c4ccc(Cl)cc4)C3C2=O)cc1. The molecule has 3 aliphatic heterocycles. The molecule has 3 amide bonds. The molecule has 13 heteroatoms. The van der Waals surface area contributed by atoms with Crippen molar-refractivity contribution in [1.29, 1.82) is 0 Å². The van der Waals surface area contributed by atoms with Crippen molar-refractivity contribution in [3.8, 4) is 0 Å². The maximum absolute atomic E-state index is 14.0. The van der Waals surface area contributed by atoms with Gasteiger partial charge in [-0.05, 0) is 48.9 Å². The van der Waals surface area contributed by atoms with E-state index < -0.39 is 34.9 Å². The van der Waals surface area contributed by atoms with E-state index in [0.717, 1.165) is 33.6 Å². The third kappa shape index (κ3) is 5.06. The molecule has 3 atom stereocenters. The summed E-state index contributed by atoms with van der Waals surface area (Å²) in [6, 6.07) is 13.2. The number of amides is 3. The average Bonchev–Trinajstić information content (AvgIpc) is 3.44. The number of imide groups is 1. The van der Waals surface area contributed by atoms with Crippen LogP contribution in [0.15, 0.2) is 58.4 Å². The van der Waals surface area contributed by atoms with E-state index in [-0.39, 0.29) is 23.9 Å². The third-order valence-corrected chi connectivity index (χ3v) is 10.4. The molecule has 4 heterocycles. The van der Waals surface area contributed by atoms with Crippen LogP contribution in [0.4, 0.5) is 5.69 Å². The molecule has 0 bridgehead atoms. The van der Waals surface area contributed by atoms with Crippen LogP contribution in [0.3, 0.4) is 0 Å². The van der Waals surface area contributed by atoms with Crippen molar-refractivity contribution in [2.75, 3.05) is 37.8 Å². The van der Waals surface area contributed by atoms with Crippen LogP contribution in [-0.4, -0.2) is 71.3 Å². The molecular formula is C29H26ClN3O7S2. The van der Waals surface area contributed by atoms with E-state index in [1.54, 1.807) is 48.2 Å². The molecule has 42 heavy (non-hydrogen) atoms. The molecule has 0 spiro atoms. The molecule has 1 aromatic heterocycles. The quantitative estimate of drug-likeness (QED) is 0.302. The topological polar surface area (TPSA) is 115 Å². The van der Waals surface area contributed by atoms with Crippen LogP contribution in [0.5, 0.6) is 0 Å². The van der Waals surface area contributed by atoms with Crippen molar-refractivity contribution >= 4 is 64.1 Å². The lowest BCUT2D eigenvalue weighted by Crippen LogP contribution is -2.43. The lowest BCUT2D eigenvalue weighted by Gasteiger charge is -2.31. The fourth-order valence-corrected chi connectivity index (χ4v) is 8.45. The van der Waals surface area contributed by atoms with Gasteiger partial charge in [-0.1, -0.05) is 46.8 Å². The largest absolute Gasteiger partial charge is 0.462 e. The van der Waals surface area contributed by atoms with Gasteiger partial charge in [0.15, 0.2) is 0 Å². The van der Waals surface area contributed by atoms with Crippen LogP contribution in [-0.2, 0) is 30.4 Å². The first-order valence-electron chi connectivity index (χ1n) is 13.4. The Balaban J connectivity index is 1.38. The van der Waals surface area contributed by atoms with Crippen molar-refractivity contribution in [1.82, 2.24) is 9.47 Å². The summed E-state index contributed by atoms with van der Waals surface area (Å²) in [6.07, 6.45) is 0. The number of anilines is 1. The monoisotopic (exact) mass is 627 g/mol.